The number of benzene rings is 2. The molecule has 1 amide bonds. The highest BCUT2D eigenvalue weighted by Crippen LogP contribution is 2.28. The molecule has 0 bridgehead atoms. The van der Waals surface area contributed by atoms with Crippen LogP contribution >= 0.6 is 11.6 Å². The van der Waals surface area contributed by atoms with E-state index in [0.717, 1.165) is 4.31 Å². The quantitative estimate of drug-likeness (QED) is 0.604. The highest BCUT2D eigenvalue weighted by molar-refractivity contribution is 7.89. The van der Waals surface area contributed by atoms with Crippen LogP contribution < -0.4 is 10.1 Å². The standard InChI is InChI=1S/C20H23ClN2O5S/c1-4-23(13-20(25)22-16-8-6-7-15(11-16)14(3)24)29(26,27)17-9-10-19(28-5-2)18(21)12-17/h6-12H,4-5,13H2,1-3H3,(H,22,25). The topological polar surface area (TPSA) is 92.8 Å². The molecular formula is C20H23ClN2O5S. The second-order valence-electron chi connectivity index (χ2n) is 6.14. The molecule has 0 saturated heterocycles. The molecule has 2 rings (SSSR count). The lowest BCUT2D eigenvalue weighted by atomic mass is 10.1. The molecule has 1 N–H and O–H groups in total. The number of anilines is 1. The maximum absolute atomic E-state index is 12.9. The van der Waals surface area contributed by atoms with Gasteiger partial charge in [0.25, 0.3) is 0 Å². The van der Waals surface area contributed by atoms with Gasteiger partial charge in [0.1, 0.15) is 5.75 Å². The van der Waals surface area contributed by atoms with Crippen LogP contribution in [0, 0.1) is 0 Å². The third kappa shape index (κ3) is 5.79. The molecule has 0 unspecified atom stereocenters. The lowest BCUT2D eigenvalue weighted by Crippen LogP contribution is -2.37. The molecular weight excluding hydrogens is 416 g/mol. The van der Waals surface area contributed by atoms with Crippen LogP contribution in [0.2, 0.25) is 5.02 Å². The molecule has 0 aliphatic heterocycles. The Kier molecular flexibility index (Phi) is 7.78. The molecule has 0 atom stereocenters. The van der Waals surface area contributed by atoms with Crippen molar-refractivity contribution in [1.29, 1.82) is 0 Å². The molecule has 7 nitrogen and oxygen atoms in total. The molecule has 0 heterocycles. The van der Waals surface area contributed by atoms with Crippen molar-refractivity contribution >= 4 is 39.0 Å². The predicted molar refractivity (Wildman–Crippen MR) is 112 cm³/mol. The molecule has 29 heavy (non-hydrogen) atoms. The summed E-state index contributed by atoms with van der Waals surface area (Å²) in [4.78, 5) is 23.8. The van der Waals surface area contributed by atoms with Crippen molar-refractivity contribution in [3.63, 3.8) is 0 Å². The fraction of sp³-hybridized carbons (Fsp3) is 0.300. The van der Waals surface area contributed by atoms with Crippen molar-refractivity contribution in [3.05, 3.63) is 53.1 Å². The fourth-order valence-corrected chi connectivity index (χ4v) is 4.34. The van der Waals surface area contributed by atoms with E-state index in [1.807, 2.05) is 0 Å². The number of Topliss-reactive ketones (excluding diaryl/α,β-unsaturated/α-hetero) is 1. The first-order valence-corrected chi connectivity index (χ1v) is 10.8. The minimum absolute atomic E-state index is 0.0285. The van der Waals surface area contributed by atoms with Gasteiger partial charge in [0, 0.05) is 17.8 Å². The first kappa shape index (κ1) is 22.9. The number of nitrogens with one attached hydrogen (secondary N) is 1. The smallest absolute Gasteiger partial charge is 0.243 e. The average molecular weight is 439 g/mol. The number of amides is 1. The van der Waals surface area contributed by atoms with Crippen LogP contribution in [0.5, 0.6) is 5.75 Å². The molecule has 0 aliphatic rings. The molecule has 0 radical (unpaired) electrons. The number of ketones is 1. The minimum Gasteiger partial charge on any atom is -0.492 e. The molecule has 2 aromatic carbocycles. The number of hydrogen-bond acceptors (Lipinski definition) is 5. The Morgan fingerprint density at radius 1 is 1.14 bits per heavy atom. The SMILES string of the molecule is CCOc1ccc(S(=O)(=O)N(CC)CC(=O)Nc2cccc(C(C)=O)c2)cc1Cl. The number of carbonyl (C=O) groups excluding carboxylic acids is 2. The Balaban J connectivity index is 2.17. The number of likely N-dealkylation sites (N-methyl/N-ethyl adjacent to an activating group) is 1. The number of carbonyl (C=O) groups is 2. The zero-order valence-corrected chi connectivity index (χ0v) is 18.0. The summed E-state index contributed by atoms with van der Waals surface area (Å²) >= 11 is 6.10. The first-order chi connectivity index (χ1) is 13.7. The highest BCUT2D eigenvalue weighted by Gasteiger charge is 2.26. The second-order valence-corrected chi connectivity index (χ2v) is 8.49. The monoisotopic (exact) mass is 438 g/mol. The van der Waals surface area contributed by atoms with E-state index in [1.54, 1.807) is 32.0 Å². The van der Waals surface area contributed by atoms with Crippen molar-refractivity contribution < 1.29 is 22.7 Å². The number of ether oxygens (including phenoxy) is 1. The number of sulfonamides is 1. The molecule has 0 saturated carbocycles. The van der Waals surface area contributed by atoms with Gasteiger partial charge in [-0.2, -0.15) is 4.31 Å². The van der Waals surface area contributed by atoms with E-state index in [4.69, 9.17) is 16.3 Å². The normalized spacial score (nSPS) is 11.3. The van der Waals surface area contributed by atoms with E-state index in [-0.39, 0.29) is 28.8 Å². The molecule has 0 spiro atoms. The van der Waals surface area contributed by atoms with E-state index in [1.165, 1.54) is 31.2 Å². The van der Waals surface area contributed by atoms with Crippen LogP contribution in [0.15, 0.2) is 47.4 Å². The molecule has 0 aromatic heterocycles. The van der Waals surface area contributed by atoms with Gasteiger partial charge in [-0.05, 0) is 44.2 Å². The maximum atomic E-state index is 12.9. The van der Waals surface area contributed by atoms with Gasteiger partial charge in [-0.1, -0.05) is 30.7 Å². The summed E-state index contributed by atoms with van der Waals surface area (Å²) in [6.07, 6.45) is 0. The van der Waals surface area contributed by atoms with Gasteiger partial charge in [-0.25, -0.2) is 8.42 Å². The molecule has 9 heteroatoms. The van der Waals surface area contributed by atoms with Crippen LogP contribution in [0.4, 0.5) is 5.69 Å². The Morgan fingerprint density at radius 2 is 1.86 bits per heavy atom. The van der Waals surface area contributed by atoms with Gasteiger partial charge in [-0.3, -0.25) is 9.59 Å². The van der Waals surface area contributed by atoms with E-state index in [2.05, 4.69) is 5.32 Å². The van der Waals surface area contributed by atoms with Gasteiger partial charge in [-0.15, -0.1) is 0 Å². The van der Waals surface area contributed by atoms with Crippen LogP contribution in [0.25, 0.3) is 0 Å². The Bertz CT molecular complexity index is 1010. The van der Waals surface area contributed by atoms with Crippen LogP contribution in [0.1, 0.15) is 31.1 Å². The van der Waals surface area contributed by atoms with Crippen LogP contribution in [0.3, 0.4) is 0 Å². The highest BCUT2D eigenvalue weighted by atomic mass is 35.5. The molecule has 2 aromatic rings. The first-order valence-electron chi connectivity index (χ1n) is 9.02. The molecule has 0 aliphatic carbocycles. The summed E-state index contributed by atoms with van der Waals surface area (Å²) in [5.41, 5.74) is 0.868. The number of hydrogen-bond donors (Lipinski definition) is 1. The lowest BCUT2D eigenvalue weighted by Gasteiger charge is -2.20. The second kappa shape index (κ2) is 9.87. The fourth-order valence-electron chi connectivity index (χ4n) is 2.61. The van der Waals surface area contributed by atoms with Crippen molar-refractivity contribution in [2.24, 2.45) is 0 Å². The lowest BCUT2D eigenvalue weighted by molar-refractivity contribution is -0.116. The molecule has 0 fully saturated rings. The van der Waals surface area contributed by atoms with E-state index < -0.39 is 15.9 Å². The average Bonchev–Trinajstić information content (AvgIpc) is 2.67. The van der Waals surface area contributed by atoms with Crippen molar-refractivity contribution in [1.82, 2.24) is 4.31 Å². The summed E-state index contributed by atoms with van der Waals surface area (Å²) in [6, 6.07) is 10.6. The van der Waals surface area contributed by atoms with Gasteiger partial charge in [0.2, 0.25) is 15.9 Å². The van der Waals surface area contributed by atoms with E-state index >= 15 is 0 Å². The zero-order chi connectivity index (χ0) is 21.6. The third-order valence-electron chi connectivity index (χ3n) is 4.07. The van der Waals surface area contributed by atoms with E-state index in [9.17, 15) is 18.0 Å². The summed E-state index contributed by atoms with van der Waals surface area (Å²) in [6.45, 7) is 4.97. The van der Waals surface area contributed by atoms with Crippen LogP contribution in [-0.2, 0) is 14.8 Å². The van der Waals surface area contributed by atoms with Crippen molar-refractivity contribution in [3.8, 4) is 5.75 Å². The summed E-state index contributed by atoms with van der Waals surface area (Å²) in [5, 5.41) is 2.79. The third-order valence-corrected chi connectivity index (χ3v) is 6.28. The number of rotatable bonds is 9. The van der Waals surface area contributed by atoms with Crippen molar-refractivity contribution in [2.45, 2.75) is 25.7 Å². The predicted octanol–water partition coefficient (Wildman–Crippen LogP) is 3.59. The number of halogens is 1. The number of nitrogens with zero attached hydrogens (tertiary/aromatic N) is 1. The van der Waals surface area contributed by atoms with Crippen LogP contribution in [-0.4, -0.2) is 44.1 Å². The van der Waals surface area contributed by atoms with E-state index in [0.29, 0.717) is 23.6 Å². The Morgan fingerprint density at radius 3 is 2.45 bits per heavy atom. The van der Waals surface area contributed by atoms with Crippen molar-refractivity contribution in [2.75, 3.05) is 25.0 Å². The maximum Gasteiger partial charge on any atom is 0.243 e. The zero-order valence-electron chi connectivity index (χ0n) is 16.4. The molecule has 156 valence electrons. The van der Waals surface area contributed by atoms with Gasteiger partial charge < -0.3 is 10.1 Å². The summed E-state index contributed by atoms with van der Waals surface area (Å²) in [7, 11) is -3.94. The summed E-state index contributed by atoms with van der Waals surface area (Å²) < 4.78 is 32.2. The Hall–Kier alpha value is -2.42. The summed E-state index contributed by atoms with van der Waals surface area (Å²) in [5.74, 6) is -0.265. The Labute approximate surface area is 175 Å². The van der Waals surface area contributed by atoms with Gasteiger partial charge in [0.15, 0.2) is 5.78 Å². The largest absolute Gasteiger partial charge is 0.492 e. The minimum atomic E-state index is -3.94. The van der Waals surface area contributed by atoms with Gasteiger partial charge in [0.05, 0.1) is 23.1 Å². The van der Waals surface area contributed by atoms with Gasteiger partial charge >= 0.3 is 0 Å².